The van der Waals surface area contributed by atoms with Gasteiger partial charge in [0.05, 0.1) is 6.61 Å². The molecule has 0 aliphatic rings. The van der Waals surface area contributed by atoms with Crippen LogP contribution in [0.1, 0.15) is 39.7 Å². The Kier molecular flexibility index (Phi) is 6.89. The summed E-state index contributed by atoms with van der Waals surface area (Å²) < 4.78 is 12.6. The highest BCUT2D eigenvalue weighted by atomic mass is 16.6. The van der Waals surface area contributed by atoms with Crippen molar-refractivity contribution >= 4 is 23.0 Å². The van der Waals surface area contributed by atoms with Crippen LogP contribution in [0.15, 0.2) is 42.2 Å². The zero-order valence-corrected chi connectivity index (χ0v) is 17.6. The molecule has 2 rings (SSSR count). The number of allylic oxidation sites excluding steroid dienone is 1. The second-order valence-electron chi connectivity index (χ2n) is 7.67. The van der Waals surface area contributed by atoms with Crippen LogP contribution < -0.4 is 0 Å². The predicted molar refractivity (Wildman–Crippen MR) is 110 cm³/mol. The summed E-state index contributed by atoms with van der Waals surface area (Å²) in [6.07, 6.45) is 4.59. The Hall–Kier alpha value is -2.76. The maximum Gasteiger partial charge on any atom is 0.414 e. The van der Waals surface area contributed by atoms with Crippen LogP contribution in [-0.4, -0.2) is 40.8 Å². The Labute approximate surface area is 166 Å². The highest BCUT2D eigenvalue weighted by molar-refractivity contribution is 5.92. The molecule has 0 atom stereocenters. The summed E-state index contributed by atoms with van der Waals surface area (Å²) in [5.74, 6) is -0.534. The van der Waals surface area contributed by atoms with E-state index in [1.54, 1.807) is 33.8 Å². The fourth-order valence-corrected chi connectivity index (χ4v) is 2.98. The molecule has 1 amide bonds. The molecule has 28 heavy (non-hydrogen) atoms. The number of likely N-dealkylation sites (N-methyl/N-ethyl adjacent to an activating group) is 1. The normalized spacial score (nSPS) is 12.1. The molecule has 6 heteroatoms. The molecule has 1 heterocycles. The van der Waals surface area contributed by atoms with Crippen molar-refractivity contribution in [2.75, 3.05) is 13.7 Å². The van der Waals surface area contributed by atoms with Gasteiger partial charge in [-0.15, -0.1) is 0 Å². The van der Waals surface area contributed by atoms with E-state index in [-0.39, 0.29) is 12.3 Å². The van der Waals surface area contributed by atoms with Crippen molar-refractivity contribution in [2.45, 2.75) is 46.1 Å². The summed E-state index contributed by atoms with van der Waals surface area (Å²) in [4.78, 5) is 26.0. The zero-order valence-electron chi connectivity index (χ0n) is 17.6. The molecule has 0 spiro atoms. The SMILES string of the molecule is CCOC(=O)/C(=C\CCc1cn(C)c2ccccc12)N(C)C(=O)OC(C)(C)C. The predicted octanol–water partition coefficient (Wildman–Crippen LogP) is 4.42. The van der Waals surface area contributed by atoms with Crippen LogP contribution in [0.2, 0.25) is 0 Å². The minimum absolute atomic E-state index is 0.191. The first-order chi connectivity index (χ1) is 13.1. The Morgan fingerprint density at radius 1 is 1.21 bits per heavy atom. The average Bonchev–Trinajstić information content (AvgIpc) is 2.93. The number of aromatic nitrogens is 1. The molecule has 0 aliphatic heterocycles. The minimum Gasteiger partial charge on any atom is -0.461 e. The molecule has 1 aromatic heterocycles. The zero-order chi connectivity index (χ0) is 20.9. The van der Waals surface area contributed by atoms with Crippen molar-refractivity contribution in [3.05, 3.63) is 47.8 Å². The first-order valence-corrected chi connectivity index (χ1v) is 9.51. The quantitative estimate of drug-likeness (QED) is 0.544. The summed E-state index contributed by atoms with van der Waals surface area (Å²) in [5.41, 5.74) is 1.90. The lowest BCUT2D eigenvalue weighted by Gasteiger charge is -2.25. The molecule has 0 fully saturated rings. The molecular weight excluding hydrogens is 356 g/mol. The second-order valence-corrected chi connectivity index (χ2v) is 7.67. The third kappa shape index (κ3) is 5.38. The number of esters is 1. The van der Waals surface area contributed by atoms with Crippen LogP contribution in [0, 0.1) is 0 Å². The molecule has 1 aromatic carbocycles. The van der Waals surface area contributed by atoms with Crippen molar-refractivity contribution in [3.63, 3.8) is 0 Å². The summed E-state index contributed by atoms with van der Waals surface area (Å²) in [7, 11) is 3.54. The lowest BCUT2D eigenvalue weighted by molar-refractivity contribution is -0.140. The van der Waals surface area contributed by atoms with Crippen LogP contribution >= 0.6 is 0 Å². The lowest BCUT2D eigenvalue weighted by Crippen LogP contribution is -2.36. The third-order valence-corrected chi connectivity index (χ3v) is 4.24. The molecule has 152 valence electrons. The minimum atomic E-state index is -0.645. The molecule has 0 radical (unpaired) electrons. The van der Waals surface area contributed by atoms with Crippen molar-refractivity contribution in [3.8, 4) is 0 Å². The molecular formula is C22H30N2O4. The van der Waals surface area contributed by atoms with E-state index in [4.69, 9.17) is 9.47 Å². The Bertz CT molecular complexity index is 874. The van der Waals surface area contributed by atoms with Gasteiger partial charge in [-0.25, -0.2) is 9.59 Å². The first kappa shape index (κ1) is 21.5. The number of ether oxygens (including phenoxy) is 2. The summed E-state index contributed by atoms with van der Waals surface area (Å²) >= 11 is 0. The lowest BCUT2D eigenvalue weighted by atomic mass is 10.1. The first-order valence-electron chi connectivity index (χ1n) is 9.51. The fraction of sp³-hybridized carbons (Fsp3) is 0.455. The van der Waals surface area contributed by atoms with Crippen LogP contribution in [-0.2, 0) is 27.7 Å². The van der Waals surface area contributed by atoms with Crippen molar-refractivity contribution < 1.29 is 19.1 Å². The van der Waals surface area contributed by atoms with Crippen LogP contribution in [0.4, 0.5) is 4.79 Å². The van der Waals surface area contributed by atoms with Gasteiger partial charge in [-0.1, -0.05) is 24.3 Å². The van der Waals surface area contributed by atoms with Gasteiger partial charge in [-0.3, -0.25) is 4.90 Å². The summed E-state index contributed by atoms with van der Waals surface area (Å²) in [5, 5.41) is 1.19. The number of hydrogen-bond donors (Lipinski definition) is 0. The molecule has 0 saturated carbocycles. The van der Waals surface area contributed by atoms with E-state index in [9.17, 15) is 9.59 Å². The van der Waals surface area contributed by atoms with E-state index in [1.807, 2.05) is 19.2 Å². The highest BCUT2D eigenvalue weighted by Gasteiger charge is 2.26. The van der Waals surface area contributed by atoms with Gasteiger partial charge in [0.25, 0.3) is 0 Å². The third-order valence-electron chi connectivity index (χ3n) is 4.24. The number of benzene rings is 1. The maximum atomic E-state index is 12.4. The molecule has 0 saturated heterocycles. The van der Waals surface area contributed by atoms with Gasteiger partial charge in [0, 0.05) is 31.2 Å². The smallest absolute Gasteiger partial charge is 0.414 e. The highest BCUT2D eigenvalue weighted by Crippen LogP contribution is 2.22. The molecule has 0 bridgehead atoms. The van der Waals surface area contributed by atoms with Gasteiger partial charge >= 0.3 is 12.1 Å². The Morgan fingerprint density at radius 2 is 1.89 bits per heavy atom. The van der Waals surface area contributed by atoms with E-state index in [2.05, 4.69) is 22.9 Å². The topological polar surface area (TPSA) is 60.8 Å². The molecule has 0 N–H and O–H groups in total. The van der Waals surface area contributed by atoms with Gasteiger partial charge in [0.15, 0.2) is 0 Å². The number of hydrogen-bond acceptors (Lipinski definition) is 4. The van der Waals surface area contributed by atoms with Gasteiger partial charge < -0.3 is 14.0 Å². The maximum absolute atomic E-state index is 12.4. The second kappa shape index (κ2) is 8.95. The monoisotopic (exact) mass is 386 g/mol. The molecule has 2 aromatic rings. The van der Waals surface area contributed by atoms with E-state index < -0.39 is 17.7 Å². The number of fused-ring (bicyclic) bond motifs is 1. The Morgan fingerprint density at radius 3 is 2.54 bits per heavy atom. The van der Waals surface area contributed by atoms with Crippen molar-refractivity contribution in [1.29, 1.82) is 0 Å². The van der Waals surface area contributed by atoms with Crippen LogP contribution in [0.3, 0.4) is 0 Å². The number of amides is 1. The Balaban J connectivity index is 2.19. The molecule has 0 unspecified atom stereocenters. The number of aryl methyl sites for hydroxylation is 2. The van der Waals surface area contributed by atoms with Crippen LogP contribution in [0.25, 0.3) is 10.9 Å². The fourth-order valence-electron chi connectivity index (χ4n) is 2.98. The number of rotatable bonds is 6. The average molecular weight is 386 g/mol. The van der Waals surface area contributed by atoms with E-state index in [0.29, 0.717) is 6.42 Å². The summed E-state index contributed by atoms with van der Waals surface area (Å²) in [6, 6.07) is 8.20. The molecule has 0 aliphatic carbocycles. The van der Waals surface area contributed by atoms with Gasteiger partial charge in [-0.05, 0) is 52.2 Å². The number of para-hydroxylation sites is 1. The number of carbonyl (C=O) groups is 2. The van der Waals surface area contributed by atoms with E-state index in [1.165, 1.54) is 22.9 Å². The van der Waals surface area contributed by atoms with Gasteiger partial charge in [0.1, 0.15) is 11.3 Å². The number of carbonyl (C=O) groups excluding carboxylic acids is 2. The largest absolute Gasteiger partial charge is 0.461 e. The molecule has 6 nitrogen and oxygen atoms in total. The van der Waals surface area contributed by atoms with Gasteiger partial charge in [0.2, 0.25) is 0 Å². The van der Waals surface area contributed by atoms with Gasteiger partial charge in [-0.2, -0.15) is 0 Å². The van der Waals surface area contributed by atoms with E-state index in [0.717, 1.165) is 11.9 Å². The van der Waals surface area contributed by atoms with Crippen LogP contribution in [0.5, 0.6) is 0 Å². The standard InChI is InChI=1S/C22H30N2O4/c1-7-27-20(25)19(24(6)21(26)28-22(2,3)4)14-10-11-16-15-23(5)18-13-9-8-12-17(16)18/h8-9,12-15H,7,10-11H2,1-6H3/b19-14+. The summed E-state index contributed by atoms with van der Waals surface area (Å²) in [6.45, 7) is 7.33. The van der Waals surface area contributed by atoms with Crippen molar-refractivity contribution in [2.24, 2.45) is 7.05 Å². The van der Waals surface area contributed by atoms with E-state index >= 15 is 0 Å². The van der Waals surface area contributed by atoms with Crippen molar-refractivity contribution in [1.82, 2.24) is 9.47 Å². The number of nitrogens with zero attached hydrogens (tertiary/aromatic N) is 2.